The van der Waals surface area contributed by atoms with Crippen LogP contribution in [0.15, 0.2) is 54.9 Å². The summed E-state index contributed by atoms with van der Waals surface area (Å²) >= 11 is 0. The highest BCUT2D eigenvalue weighted by molar-refractivity contribution is 7.20. The minimum Gasteiger partial charge on any atom is -0.459 e. The van der Waals surface area contributed by atoms with Crippen LogP contribution in [-0.2, 0) is 11.3 Å². The Morgan fingerprint density at radius 2 is 0.696 bits per heavy atom. The van der Waals surface area contributed by atoms with Crippen LogP contribution in [0, 0.1) is 116 Å². The Morgan fingerprint density at radius 3 is 1.00 bits per heavy atom. The van der Waals surface area contributed by atoms with Gasteiger partial charge < -0.3 is 4.74 Å². The molecule has 0 N–H and O–H groups in total. The number of aromatic nitrogens is 1. The summed E-state index contributed by atoms with van der Waals surface area (Å²) in [7, 11) is 0. The van der Waals surface area contributed by atoms with Crippen molar-refractivity contribution in [3.8, 4) is 0 Å². The van der Waals surface area contributed by atoms with Crippen molar-refractivity contribution in [3.63, 3.8) is 0 Å². The fraction of sp³-hybridized carbons (Fsp3) is 0.159. The molecule has 25 heteroatoms. The standard InChI is InChI=1S/C24BF20.C20H22NO3/c26-5-1(6(27)14(35)21(42)13(5)34)25(2-7(28)15(36)22(43)16(37)8(2)29,3-9(30)17(38)23(44)18(39)10(3)31)4-11(32)19(40)24(45)20(41)12(4)33;22-19(16-7-3-1-4-8-16)15-21-13-11-17(12-14-21)20(23)24-18-9-5-2-6-10-18/h;1,3-4,7-8,11-14,18H,2,5-6,9-10,15H2/q-1;+1. The van der Waals surface area contributed by atoms with Crippen molar-refractivity contribution in [1.82, 2.24) is 0 Å². The molecule has 0 radical (unpaired) electrons. The number of nitrogens with zero attached hydrogens (tertiary/aromatic N) is 1. The van der Waals surface area contributed by atoms with Gasteiger partial charge in [-0.05, 0) is 25.7 Å². The zero-order valence-corrected chi connectivity index (χ0v) is 33.8. The molecule has 0 atom stereocenters. The van der Waals surface area contributed by atoms with Crippen LogP contribution in [0.25, 0.3) is 0 Å². The number of hydrogen-bond acceptors (Lipinski definition) is 3. The molecule has 0 unspecified atom stereocenters. The Morgan fingerprint density at radius 1 is 0.406 bits per heavy atom. The Bertz CT molecular complexity index is 2640. The average Bonchev–Trinajstić information content (AvgIpc) is 3.34. The highest BCUT2D eigenvalue weighted by Crippen LogP contribution is 2.31. The van der Waals surface area contributed by atoms with Gasteiger partial charge in [-0.2, -0.15) is 4.57 Å². The van der Waals surface area contributed by atoms with Crippen LogP contribution < -0.4 is 26.4 Å². The molecule has 1 heterocycles. The third-order valence-electron chi connectivity index (χ3n) is 11.1. The lowest BCUT2D eigenvalue weighted by molar-refractivity contribution is -0.683. The maximum Gasteiger partial charge on any atom is 0.338 e. The van der Waals surface area contributed by atoms with Crippen LogP contribution >= 0.6 is 0 Å². The number of carbonyl (C=O) groups is 2. The number of halogens is 20. The fourth-order valence-electron chi connectivity index (χ4n) is 7.86. The van der Waals surface area contributed by atoms with Crippen molar-refractivity contribution in [2.75, 3.05) is 0 Å². The van der Waals surface area contributed by atoms with Crippen molar-refractivity contribution in [3.05, 3.63) is 182 Å². The number of pyridine rings is 1. The molecule has 69 heavy (non-hydrogen) atoms. The molecule has 7 rings (SSSR count). The molecular weight excluding hydrogens is 981 g/mol. The van der Waals surface area contributed by atoms with Gasteiger partial charge in [0.15, 0.2) is 82.2 Å². The Hall–Kier alpha value is -6.95. The zero-order chi connectivity index (χ0) is 51.1. The van der Waals surface area contributed by atoms with E-state index in [4.69, 9.17) is 4.74 Å². The van der Waals surface area contributed by atoms with Crippen molar-refractivity contribution in [2.24, 2.45) is 0 Å². The summed E-state index contributed by atoms with van der Waals surface area (Å²) in [5, 5.41) is 0. The molecule has 1 aliphatic rings. The van der Waals surface area contributed by atoms with Gasteiger partial charge in [-0.1, -0.05) is 36.8 Å². The molecule has 1 saturated carbocycles. The van der Waals surface area contributed by atoms with E-state index in [9.17, 15) is 62.3 Å². The number of rotatable bonds is 9. The number of ketones is 1. The highest BCUT2D eigenvalue weighted by atomic mass is 19.2. The minimum atomic E-state index is -7.22. The van der Waals surface area contributed by atoms with Gasteiger partial charge in [0.25, 0.3) is 0 Å². The van der Waals surface area contributed by atoms with E-state index in [1.807, 2.05) is 18.2 Å². The lowest BCUT2D eigenvalue weighted by Gasteiger charge is -2.44. The number of Topliss-reactive ketones (excluding diaryl/α,β-unsaturated/α-hetero) is 1. The quantitative estimate of drug-likeness (QED) is 0.0276. The highest BCUT2D eigenvalue weighted by Gasteiger charge is 2.52. The number of esters is 1. The average molecular weight is 1000 g/mol. The Kier molecular flexibility index (Phi) is 14.9. The molecule has 1 fully saturated rings. The summed E-state index contributed by atoms with van der Waals surface area (Å²) in [4.78, 5) is 24.4. The van der Waals surface area contributed by atoms with E-state index in [2.05, 4.69) is 0 Å². The predicted octanol–water partition coefficient (Wildman–Crippen LogP) is 9.19. The maximum absolute atomic E-state index is 15.4. The minimum absolute atomic E-state index is 0.0399. The zero-order valence-electron chi connectivity index (χ0n) is 33.8. The number of hydrogen-bond donors (Lipinski definition) is 0. The number of carbonyl (C=O) groups excluding carboxylic acids is 2. The molecule has 1 aromatic heterocycles. The van der Waals surface area contributed by atoms with E-state index in [-0.39, 0.29) is 24.4 Å². The van der Waals surface area contributed by atoms with E-state index in [1.54, 1.807) is 41.2 Å². The summed E-state index contributed by atoms with van der Waals surface area (Å²) in [6.45, 7) is 0.252. The first kappa shape index (κ1) is 51.4. The van der Waals surface area contributed by atoms with Gasteiger partial charge in [0.1, 0.15) is 58.8 Å². The van der Waals surface area contributed by atoms with Crippen molar-refractivity contribution >= 4 is 39.7 Å². The first-order chi connectivity index (χ1) is 32.4. The summed E-state index contributed by atoms with van der Waals surface area (Å²) in [6.07, 6.45) is 1.76. The van der Waals surface area contributed by atoms with Crippen molar-refractivity contribution in [2.45, 2.75) is 44.8 Å². The van der Waals surface area contributed by atoms with Gasteiger partial charge in [0, 0.05) is 17.7 Å². The molecular formula is C44H22BF20NO3. The number of ether oxygens (including phenoxy) is 1. The first-order valence-electron chi connectivity index (χ1n) is 19.4. The second-order valence-corrected chi connectivity index (χ2v) is 15.0. The summed E-state index contributed by atoms with van der Waals surface area (Å²) in [6, 6.07) is 12.6. The van der Waals surface area contributed by atoms with Gasteiger partial charge >= 0.3 is 5.97 Å². The summed E-state index contributed by atoms with van der Waals surface area (Å²) in [5.74, 6) is -71.6. The van der Waals surface area contributed by atoms with Crippen LogP contribution in [-0.4, -0.2) is 24.0 Å². The van der Waals surface area contributed by atoms with Gasteiger partial charge in [-0.15, -0.1) is 21.9 Å². The van der Waals surface area contributed by atoms with E-state index in [0.29, 0.717) is 11.1 Å². The normalized spacial score (nSPS) is 13.0. The van der Waals surface area contributed by atoms with Crippen LogP contribution in [0.5, 0.6) is 0 Å². The lowest BCUT2D eigenvalue weighted by atomic mass is 9.12. The molecule has 0 amide bonds. The third kappa shape index (κ3) is 8.86. The largest absolute Gasteiger partial charge is 0.459 e. The first-order valence-corrected chi connectivity index (χ1v) is 19.4. The summed E-state index contributed by atoms with van der Waals surface area (Å²) < 4.78 is 301. The fourth-order valence-corrected chi connectivity index (χ4v) is 7.86. The van der Waals surface area contributed by atoms with E-state index < -0.39 is 144 Å². The second-order valence-electron chi connectivity index (χ2n) is 15.0. The molecule has 0 aliphatic heterocycles. The Labute approximate surface area is 373 Å². The van der Waals surface area contributed by atoms with Crippen LogP contribution in [0.1, 0.15) is 52.8 Å². The van der Waals surface area contributed by atoms with Gasteiger partial charge in [0.05, 0.1) is 5.56 Å². The Balaban J connectivity index is 0.000000273. The van der Waals surface area contributed by atoms with Crippen LogP contribution in [0.3, 0.4) is 0 Å². The lowest BCUT2D eigenvalue weighted by Crippen LogP contribution is -2.81. The molecule has 0 saturated heterocycles. The third-order valence-corrected chi connectivity index (χ3v) is 11.1. The van der Waals surface area contributed by atoms with Gasteiger partial charge in [-0.3, -0.25) is 4.79 Å². The van der Waals surface area contributed by atoms with Crippen LogP contribution in [0.4, 0.5) is 87.8 Å². The topological polar surface area (TPSA) is 47.2 Å². The van der Waals surface area contributed by atoms with Gasteiger partial charge in [0.2, 0.25) is 12.3 Å². The van der Waals surface area contributed by atoms with Gasteiger partial charge in [-0.25, -0.2) is 92.6 Å². The predicted molar refractivity (Wildman–Crippen MR) is 199 cm³/mol. The van der Waals surface area contributed by atoms with Crippen molar-refractivity contribution in [1.29, 1.82) is 0 Å². The molecule has 6 aromatic rings. The van der Waals surface area contributed by atoms with Crippen LogP contribution in [0.2, 0.25) is 0 Å². The molecule has 364 valence electrons. The smallest absolute Gasteiger partial charge is 0.338 e. The monoisotopic (exact) mass is 1000 g/mol. The molecule has 0 spiro atoms. The second kappa shape index (κ2) is 20.0. The van der Waals surface area contributed by atoms with E-state index in [1.165, 1.54) is 6.42 Å². The van der Waals surface area contributed by atoms with E-state index >= 15 is 35.1 Å². The molecule has 1 aliphatic carbocycles. The SMILES string of the molecule is Fc1c(F)c(F)c([B-](c2c(F)c(F)c(F)c(F)c2F)(c2c(F)c(F)c(F)c(F)c2F)c2c(F)c(F)c(F)c(F)c2F)c(F)c1F.O=C(C[n+]1ccc(C(=O)OC2CCCCC2)cc1)c1ccccc1. The van der Waals surface area contributed by atoms with Crippen molar-refractivity contribution < 1.29 is 107 Å². The number of benzene rings is 5. The molecule has 0 bridgehead atoms. The maximum atomic E-state index is 15.4. The van der Waals surface area contributed by atoms with E-state index in [0.717, 1.165) is 25.7 Å². The summed E-state index contributed by atoms with van der Waals surface area (Å²) in [5.41, 5.74) is -13.1. The molecule has 5 aromatic carbocycles. The molecule has 4 nitrogen and oxygen atoms in total.